The number of allylic oxidation sites excluding steroid dienone is 2. The van der Waals surface area contributed by atoms with Crippen molar-refractivity contribution in [3.8, 4) is 0 Å². The lowest BCUT2D eigenvalue weighted by molar-refractivity contribution is -0.201. The molecule has 3 nitrogen and oxygen atoms in total. The lowest BCUT2D eigenvalue weighted by Gasteiger charge is -2.41. The zero-order chi connectivity index (χ0) is 17.1. The molecule has 2 bridgehead atoms. The SMILES string of the molecule is O=C1O[C@@](O)(C(Cl)(Cl)Cl)[C@H]2[C@H]1[C@]1(Cl)C(Cl)=C(Cl)[C@]2(Cl)C1(Cl)Cl. The van der Waals surface area contributed by atoms with E-state index in [0.717, 1.165) is 0 Å². The molecule has 0 unspecified atom stereocenters. The van der Waals surface area contributed by atoms with E-state index in [-0.39, 0.29) is 10.1 Å². The highest BCUT2D eigenvalue weighted by atomic mass is 35.6. The van der Waals surface area contributed by atoms with Gasteiger partial charge in [0.15, 0.2) is 4.33 Å². The van der Waals surface area contributed by atoms with E-state index in [1.165, 1.54) is 0 Å². The maximum absolute atomic E-state index is 12.3. The fourth-order valence-corrected chi connectivity index (χ4v) is 6.74. The molecule has 1 saturated heterocycles. The van der Waals surface area contributed by atoms with Crippen LogP contribution in [-0.2, 0) is 9.53 Å². The number of alkyl halides is 7. The summed E-state index contributed by atoms with van der Waals surface area (Å²) in [5.74, 6) is -6.46. The van der Waals surface area contributed by atoms with Crippen LogP contribution < -0.4 is 0 Å². The number of ether oxygens (including phenoxy) is 1. The highest BCUT2D eigenvalue weighted by Crippen LogP contribution is 2.80. The van der Waals surface area contributed by atoms with Crippen LogP contribution in [0.3, 0.4) is 0 Å². The molecule has 1 aliphatic heterocycles. The first-order valence-corrected chi connectivity index (χ1v) is 8.93. The Bertz CT molecular complexity index is 628. The van der Waals surface area contributed by atoms with E-state index in [1.807, 2.05) is 0 Å². The van der Waals surface area contributed by atoms with Crippen molar-refractivity contribution in [3.05, 3.63) is 10.1 Å². The van der Waals surface area contributed by atoms with Crippen LogP contribution in [0.1, 0.15) is 0 Å². The minimum absolute atomic E-state index is 0.220. The van der Waals surface area contributed by atoms with E-state index < -0.39 is 41.5 Å². The first kappa shape index (κ1) is 18.6. The number of rotatable bonds is 0. The zero-order valence-corrected chi connectivity index (χ0v) is 16.6. The molecule has 0 aromatic heterocycles. The summed E-state index contributed by atoms with van der Waals surface area (Å²) in [6, 6.07) is 0. The van der Waals surface area contributed by atoms with Crippen molar-refractivity contribution in [2.75, 3.05) is 0 Å². The molecule has 3 aliphatic rings. The third kappa shape index (κ3) is 1.64. The summed E-state index contributed by atoms with van der Waals surface area (Å²) in [4.78, 5) is 8.33. The van der Waals surface area contributed by atoms with Crippen LogP contribution >= 0.6 is 104 Å². The van der Waals surface area contributed by atoms with Gasteiger partial charge in [-0.3, -0.25) is 4.79 Å². The molecule has 12 heteroatoms. The van der Waals surface area contributed by atoms with Gasteiger partial charge in [0.05, 0.1) is 21.9 Å². The lowest BCUT2D eigenvalue weighted by atomic mass is 9.79. The molecule has 0 spiro atoms. The van der Waals surface area contributed by atoms with Crippen molar-refractivity contribution < 1.29 is 14.6 Å². The molecule has 0 aromatic rings. The average Bonchev–Trinajstić information content (AvgIpc) is 2.76. The number of cyclic esters (lactones) is 1. The van der Waals surface area contributed by atoms with Gasteiger partial charge in [0.1, 0.15) is 9.75 Å². The average molecular weight is 490 g/mol. The number of halogens is 9. The summed E-state index contributed by atoms with van der Waals surface area (Å²) in [6.45, 7) is 0. The number of hydrogen-bond acceptors (Lipinski definition) is 3. The Labute approximate surface area is 169 Å². The molecule has 2 aliphatic carbocycles. The predicted octanol–water partition coefficient (Wildman–Crippen LogP) is 4.68. The Morgan fingerprint density at radius 2 is 1.45 bits per heavy atom. The Morgan fingerprint density at radius 3 is 1.91 bits per heavy atom. The van der Waals surface area contributed by atoms with Crippen molar-refractivity contribution >= 4 is 110 Å². The molecule has 2 fully saturated rings. The Kier molecular flexibility index (Phi) is 3.99. The van der Waals surface area contributed by atoms with Crippen LogP contribution in [-0.4, -0.2) is 34.7 Å². The normalized spacial score (nSPS) is 49.6. The van der Waals surface area contributed by atoms with Crippen LogP contribution in [0.2, 0.25) is 0 Å². The van der Waals surface area contributed by atoms with Gasteiger partial charge >= 0.3 is 5.97 Å². The summed E-state index contributed by atoms with van der Waals surface area (Å²) in [5, 5.41) is 10.2. The fourth-order valence-electron chi connectivity index (χ4n) is 3.29. The van der Waals surface area contributed by atoms with Gasteiger partial charge in [0.25, 0.3) is 9.58 Å². The van der Waals surface area contributed by atoms with E-state index in [9.17, 15) is 9.90 Å². The molecule has 0 amide bonds. The largest absolute Gasteiger partial charge is 0.428 e. The second-order valence-corrected chi connectivity index (χ2v) is 10.8. The fraction of sp³-hybridized carbons (Fsp3) is 0.700. The second-order valence-electron chi connectivity index (χ2n) is 5.20. The smallest absolute Gasteiger partial charge is 0.314 e. The highest BCUT2D eigenvalue weighted by molar-refractivity contribution is 6.69. The van der Waals surface area contributed by atoms with Crippen LogP contribution in [0.5, 0.6) is 0 Å². The Morgan fingerprint density at radius 1 is 1.00 bits per heavy atom. The first-order valence-electron chi connectivity index (χ1n) is 5.52. The summed E-state index contributed by atoms with van der Waals surface area (Å²) >= 11 is 55.0. The molecule has 1 heterocycles. The highest BCUT2D eigenvalue weighted by Gasteiger charge is 2.91. The minimum atomic E-state index is -2.65. The standard InChI is InChI=1S/C10H3Cl9O3/c11-3-4(12)7(14)2-1(6(3,13)9(7,15)16)5(20)22-8(2,21)10(17,18)19/h1-2,21H/t1-,2+,6+,7+,8-/m1/s1. The van der Waals surface area contributed by atoms with Gasteiger partial charge in [-0.2, -0.15) is 0 Å². The summed E-state index contributed by atoms with van der Waals surface area (Å²) in [7, 11) is 0. The predicted molar refractivity (Wildman–Crippen MR) is 88.6 cm³/mol. The van der Waals surface area contributed by atoms with Crippen LogP contribution in [0.4, 0.5) is 0 Å². The van der Waals surface area contributed by atoms with Gasteiger partial charge in [-0.15, -0.1) is 23.2 Å². The number of hydrogen-bond donors (Lipinski definition) is 1. The van der Waals surface area contributed by atoms with Crippen LogP contribution in [0.15, 0.2) is 10.1 Å². The van der Waals surface area contributed by atoms with Crippen molar-refractivity contribution in [2.45, 2.75) is 23.7 Å². The van der Waals surface area contributed by atoms with E-state index in [2.05, 4.69) is 0 Å². The number of esters is 1. The maximum Gasteiger partial charge on any atom is 0.314 e. The molecular weight excluding hydrogens is 487 g/mol. The molecule has 0 radical (unpaired) electrons. The van der Waals surface area contributed by atoms with Gasteiger partial charge in [0.2, 0.25) is 0 Å². The molecule has 3 rings (SSSR count). The van der Waals surface area contributed by atoms with E-state index >= 15 is 0 Å². The summed E-state index contributed by atoms with van der Waals surface area (Å²) < 4.78 is 0.350. The van der Waals surface area contributed by atoms with Crippen molar-refractivity contribution in [3.63, 3.8) is 0 Å². The first-order chi connectivity index (χ1) is 9.69. The van der Waals surface area contributed by atoms with Gasteiger partial charge in [-0.05, 0) is 0 Å². The molecule has 1 saturated carbocycles. The third-order valence-electron chi connectivity index (χ3n) is 4.27. The topological polar surface area (TPSA) is 46.5 Å². The Balaban J connectivity index is 2.35. The monoisotopic (exact) mass is 486 g/mol. The molecule has 1 N–H and O–H groups in total. The number of aliphatic hydroxyl groups is 1. The molecule has 124 valence electrons. The van der Waals surface area contributed by atoms with Crippen molar-refractivity contribution in [2.24, 2.45) is 11.8 Å². The molecule has 5 atom stereocenters. The second kappa shape index (κ2) is 4.73. The summed E-state index contributed by atoms with van der Waals surface area (Å²) in [5.41, 5.74) is 0. The Hall–Kier alpha value is 1.78. The van der Waals surface area contributed by atoms with Crippen LogP contribution in [0, 0.1) is 11.8 Å². The number of carbonyl (C=O) groups excluding carboxylic acids is 1. The van der Waals surface area contributed by atoms with Crippen LogP contribution in [0.25, 0.3) is 0 Å². The van der Waals surface area contributed by atoms with E-state index in [4.69, 9.17) is 109 Å². The number of fused-ring (bicyclic) bond motifs is 5. The summed E-state index contributed by atoms with van der Waals surface area (Å²) in [6.07, 6.45) is 0. The van der Waals surface area contributed by atoms with Crippen molar-refractivity contribution in [1.29, 1.82) is 0 Å². The molecule has 22 heavy (non-hydrogen) atoms. The molecule has 0 aromatic carbocycles. The zero-order valence-electron chi connectivity index (χ0n) is 9.82. The van der Waals surface area contributed by atoms with E-state index in [1.54, 1.807) is 0 Å². The quantitative estimate of drug-likeness (QED) is 0.397. The van der Waals surface area contributed by atoms with Gasteiger partial charge < -0.3 is 9.84 Å². The lowest BCUT2D eigenvalue weighted by Crippen LogP contribution is -2.57. The van der Waals surface area contributed by atoms with Gasteiger partial charge in [-0.1, -0.05) is 81.2 Å². The minimum Gasteiger partial charge on any atom is -0.428 e. The van der Waals surface area contributed by atoms with Crippen molar-refractivity contribution in [1.82, 2.24) is 0 Å². The number of carbonyl (C=O) groups is 1. The third-order valence-corrected chi connectivity index (χ3v) is 9.34. The van der Waals surface area contributed by atoms with E-state index in [0.29, 0.717) is 0 Å². The maximum atomic E-state index is 12.3. The van der Waals surface area contributed by atoms with Gasteiger partial charge in [0, 0.05) is 0 Å². The molecular formula is C10H3Cl9O3. The van der Waals surface area contributed by atoms with Gasteiger partial charge in [-0.25, -0.2) is 0 Å².